The zero-order valence-electron chi connectivity index (χ0n) is 18.6. The lowest BCUT2D eigenvalue weighted by Crippen LogP contribution is -2.51. The highest BCUT2D eigenvalue weighted by Crippen LogP contribution is 2.65. The Labute approximate surface area is 184 Å². The van der Waals surface area contributed by atoms with E-state index in [9.17, 15) is 9.90 Å². The normalized spacial score (nSPS) is 46.5. The van der Waals surface area contributed by atoms with E-state index in [2.05, 4.69) is 16.9 Å². The van der Waals surface area contributed by atoms with Crippen LogP contribution in [0.2, 0.25) is 0 Å². The molecule has 168 valence electrons. The number of aliphatic hydroxyl groups is 1. The van der Waals surface area contributed by atoms with Gasteiger partial charge in [0, 0.05) is 6.20 Å². The summed E-state index contributed by atoms with van der Waals surface area (Å²) in [5.41, 5.74) is -0.393. The van der Waals surface area contributed by atoms with Crippen LogP contribution in [-0.4, -0.2) is 32.4 Å². The van der Waals surface area contributed by atoms with Crippen LogP contribution in [0.5, 0.6) is 0 Å². The number of hydrogen-bond acceptors (Lipinski definition) is 3. The molecule has 0 saturated heterocycles. The first kappa shape index (κ1) is 21.1. The van der Waals surface area contributed by atoms with E-state index in [0.29, 0.717) is 35.8 Å². The molecular weight excluding hydrogens is 393 g/mol. The standard InChI is InChI=1S/C25H34FN3O2/c1-24(31)8-6-17-15(11-24)4-5-19-18(17)7-9-25(2)20(19)10-21(26)23(25)22(30)14-29-13-16(27-3)12-28-29/h12-13,15,17-21,23,31H,4-11,14H2,1-2H3/t15-,17+,18?,19?,20?,21-,23-,24-,25+/m1/s1. The summed E-state index contributed by atoms with van der Waals surface area (Å²) in [6.45, 7) is 11.3. The van der Waals surface area contributed by atoms with Crippen molar-refractivity contribution < 1.29 is 14.3 Å². The van der Waals surface area contributed by atoms with Crippen LogP contribution < -0.4 is 0 Å². The van der Waals surface area contributed by atoms with Gasteiger partial charge in [0.25, 0.3) is 0 Å². The summed E-state index contributed by atoms with van der Waals surface area (Å²) in [5.74, 6) is 2.04. The minimum Gasteiger partial charge on any atom is -0.390 e. The third kappa shape index (κ3) is 3.44. The highest BCUT2D eigenvalue weighted by molar-refractivity contribution is 5.82. The summed E-state index contributed by atoms with van der Waals surface area (Å²) < 4.78 is 16.9. The maximum absolute atomic E-state index is 15.4. The quantitative estimate of drug-likeness (QED) is 0.693. The molecule has 1 aromatic rings. The molecule has 3 unspecified atom stereocenters. The Balaban J connectivity index is 1.34. The van der Waals surface area contributed by atoms with Crippen LogP contribution in [0.1, 0.15) is 65.2 Å². The smallest absolute Gasteiger partial charge is 0.224 e. The number of alkyl halides is 1. The summed E-state index contributed by atoms with van der Waals surface area (Å²) >= 11 is 0. The molecule has 5 rings (SSSR count). The first-order valence-corrected chi connectivity index (χ1v) is 12.0. The Hall–Kier alpha value is -1.74. The van der Waals surface area contributed by atoms with Gasteiger partial charge in [0.15, 0.2) is 5.78 Å². The molecule has 31 heavy (non-hydrogen) atoms. The molecule has 0 aromatic carbocycles. The number of rotatable bonds is 3. The van der Waals surface area contributed by atoms with Crippen molar-refractivity contribution in [2.24, 2.45) is 40.9 Å². The van der Waals surface area contributed by atoms with E-state index in [-0.39, 0.29) is 23.7 Å². The van der Waals surface area contributed by atoms with E-state index in [4.69, 9.17) is 6.57 Å². The largest absolute Gasteiger partial charge is 0.390 e. The highest BCUT2D eigenvalue weighted by Gasteiger charge is 2.62. The van der Waals surface area contributed by atoms with E-state index in [0.717, 1.165) is 44.9 Å². The van der Waals surface area contributed by atoms with E-state index < -0.39 is 17.7 Å². The van der Waals surface area contributed by atoms with Crippen molar-refractivity contribution in [2.75, 3.05) is 0 Å². The molecule has 4 aliphatic carbocycles. The van der Waals surface area contributed by atoms with Gasteiger partial charge >= 0.3 is 0 Å². The van der Waals surface area contributed by atoms with Gasteiger partial charge in [-0.25, -0.2) is 9.24 Å². The van der Waals surface area contributed by atoms with Gasteiger partial charge < -0.3 is 5.11 Å². The molecule has 4 saturated carbocycles. The topological polar surface area (TPSA) is 59.5 Å². The van der Waals surface area contributed by atoms with Gasteiger partial charge in [-0.05, 0) is 93.3 Å². The summed E-state index contributed by atoms with van der Waals surface area (Å²) in [4.78, 5) is 16.6. The van der Waals surface area contributed by atoms with Gasteiger partial charge in [-0.1, -0.05) is 6.92 Å². The first-order chi connectivity index (χ1) is 14.7. The third-order valence-electron chi connectivity index (χ3n) is 9.64. The number of carbonyl (C=O) groups is 1. The number of aromatic nitrogens is 2. The zero-order valence-corrected chi connectivity index (χ0v) is 18.6. The molecule has 1 aromatic heterocycles. The van der Waals surface area contributed by atoms with Crippen molar-refractivity contribution in [1.29, 1.82) is 0 Å². The third-order valence-corrected chi connectivity index (χ3v) is 9.64. The van der Waals surface area contributed by atoms with Crippen molar-refractivity contribution in [3.63, 3.8) is 0 Å². The lowest BCUT2D eigenvalue weighted by molar-refractivity contribution is -0.134. The molecular formula is C25H34FN3O2. The van der Waals surface area contributed by atoms with Crippen molar-refractivity contribution in [3.05, 3.63) is 23.8 Å². The van der Waals surface area contributed by atoms with E-state index in [1.165, 1.54) is 10.9 Å². The van der Waals surface area contributed by atoms with Crippen LogP contribution in [0, 0.1) is 47.5 Å². The summed E-state index contributed by atoms with van der Waals surface area (Å²) in [5, 5.41) is 14.7. The van der Waals surface area contributed by atoms with Crippen LogP contribution in [0.15, 0.2) is 12.4 Å². The fourth-order valence-corrected chi connectivity index (χ4v) is 8.38. The van der Waals surface area contributed by atoms with E-state index in [1.807, 2.05) is 6.92 Å². The lowest BCUT2D eigenvalue weighted by Gasteiger charge is -2.56. The molecule has 6 heteroatoms. The SMILES string of the molecule is [C-]#[N+]c1cnn(CC(=O)[C@H]2[C@H](F)CC3C4CC[C@@H]5C[C@](C)(O)CC[C@@H]5C4CC[C@@]32C)c1. The Morgan fingerprint density at radius 3 is 2.77 bits per heavy atom. The molecule has 0 spiro atoms. The molecule has 1 N–H and O–H groups in total. The minimum atomic E-state index is -1.08. The average molecular weight is 428 g/mol. The number of halogens is 1. The molecule has 0 aliphatic heterocycles. The molecule has 4 aliphatic rings. The summed E-state index contributed by atoms with van der Waals surface area (Å²) in [6.07, 6.45) is 9.59. The lowest BCUT2D eigenvalue weighted by atomic mass is 9.49. The Bertz CT molecular complexity index is 905. The predicted molar refractivity (Wildman–Crippen MR) is 115 cm³/mol. The van der Waals surface area contributed by atoms with Crippen LogP contribution in [0.3, 0.4) is 0 Å². The van der Waals surface area contributed by atoms with Crippen molar-refractivity contribution in [2.45, 2.75) is 83.5 Å². The van der Waals surface area contributed by atoms with Crippen LogP contribution in [0.25, 0.3) is 4.85 Å². The van der Waals surface area contributed by atoms with Crippen molar-refractivity contribution in [1.82, 2.24) is 9.78 Å². The average Bonchev–Trinajstić information content (AvgIpc) is 3.27. The number of hydrogen-bond donors (Lipinski definition) is 1. The second kappa shape index (κ2) is 7.40. The molecule has 0 bridgehead atoms. The summed E-state index contributed by atoms with van der Waals surface area (Å²) in [6, 6.07) is 0. The van der Waals surface area contributed by atoms with Crippen LogP contribution in [-0.2, 0) is 11.3 Å². The highest BCUT2D eigenvalue weighted by atomic mass is 19.1. The van der Waals surface area contributed by atoms with Gasteiger partial charge in [-0.3, -0.25) is 9.48 Å². The second-order valence-corrected chi connectivity index (χ2v) is 11.4. The fraction of sp³-hybridized carbons (Fsp3) is 0.800. The Kier molecular flexibility index (Phi) is 5.04. The van der Waals surface area contributed by atoms with Gasteiger partial charge in [0.1, 0.15) is 6.17 Å². The zero-order chi connectivity index (χ0) is 22.0. The van der Waals surface area contributed by atoms with Gasteiger partial charge in [0.2, 0.25) is 5.69 Å². The maximum Gasteiger partial charge on any atom is 0.224 e. The molecule has 4 fully saturated rings. The molecule has 0 radical (unpaired) electrons. The Morgan fingerprint density at radius 2 is 2.03 bits per heavy atom. The number of nitrogens with zero attached hydrogens (tertiary/aromatic N) is 3. The number of fused-ring (bicyclic) bond motifs is 5. The van der Waals surface area contributed by atoms with E-state index >= 15 is 4.39 Å². The first-order valence-electron chi connectivity index (χ1n) is 12.0. The predicted octanol–water partition coefficient (Wildman–Crippen LogP) is 4.97. The number of Topliss-reactive ketones (excluding diaryl/α,β-unsaturated/α-hetero) is 1. The van der Waals surface area contributed by atoms with Gasteiger partial charge in [0.05, 0.1) is 30.8 Å². The molecule has 9 atom stereocenters. The van der Waals surface area contributed by atoms with Crippen molar-refractivity contribution in [3.8, 4) is 0 Å². The number of carbonyl (C=O) groups excluding carboxylic acids is 1. The molecule has 1 heterocycles. The van der Waals surface area contributed by atoms with Gasteiger partial charge in [-0.15, -0.1) is 0 Å². The summed E-state index contributed by atoms with van der Waals surface area (Å²) in [7, 11) is 0. The number of ketones is 1. The maximum atomic E-state index is 15.4. The fourth-order valence-electron chi connectivity index (χ4n) is 8.38. The van der Waals surface area contributed by atoms with Gasteiger partial charge in [-0.2, -0.15) is 5.10 Å². The molecule has 0 amide bonds. The van der Waals surface area contributed by atoms with Crippen LogP contribution in [0.4, 0.5) is 10.1 Å². The second-order valence-electron chi connectivity index (χ2n) is 11.4. The Morgan fingerprint density at radius 1 is 1.26 bits per heavy atom. The molecule has 5 nitrogen and oxygen atoms in total. The monoisotopic (exact) mass is 427 g/mol. The minimum absolute atomic E-state index is 0.0524. The van der Waals surface area contributed by atoms with Crippen molar-refractivity contribution >= 4 is 11.5 Å². The van der Waals surface area contributed by atoms with Crippen LogP contribution >= 0.6 is 0 Å². The van der Waals surface area contributed by atoms with E-state index in [1.54, 1.807) is 6.20 Å².